The van der Waals surface area contributed by atoms with Crippen molar-refractivity contribution in [1.29, 1.82) is 0 Å². The molecule has 1 heterocycles. The summed E-state index contributed by atoms with van der Waals surface area (Å²) in [5.41, 5.74) is -2.35. The summed E-state index contributed by atoms with van der Waals surface area (Å²) in [6.07, 6.45) is 0.933. The zero-order chi connectivity index (χ0) is 21.0. The van der Waals surface area contributed by atoms with Crippen LogP contribution in [-0.2, 0) is 4.79 Å². The molecule has 0 aliphatic carbocycles. The second-order valence-electron chi connectivity index (χ2n) is 5.79. The van der Waals surface area contributed by atoms with Crippen molar-refractivity contribution in [1.82, 2.24) is 4.57 Å². The Labute approximate surface area is 153 Å². The molecule has 1 aromatic heterocycles. The predicted molar refractivity (Wildman–Crippen MR) is 91.7 cm³/mol. The number of fused-ring (bicyclic) bond motifs is 1. The number of hydrogen-bond donors (Lipinski definition) is 0. The van der Waals surface area contributed by atoms with Gasteiger partial charge in [-0.25, -0.2) is 0 Å². The van der Waals surface area contributed by atoms with E-state index < -0.39 is 42.9 Å². The van der Waals surface area contributed by atoms with Crippen molar-refractivity contribution in [2.45, 2.75) is 4.90 Å². The van der Waals surface area contributed by atoms with Crippen molar-refractivity contribution >= 4 is 38.8 Å². The monoisotopic (exact) mass is 420 g/mol. The van der Waals surface area contributed by atoms with E-state index in [0.29, 0.717) is 4.57 Å². The van der Waals surface area contributed by atoms with Crippen LogP contribution in [-0.4, -0.2) is 21.6 Å². The number of aldehydes is 1. The minimum Gasteiger partial charge on any atom is -0.306 e. The first-order valence-electron chi connectivity index (χ1n) is 7.35. The highest BCUT2D eigenvalue weighted by molar-refractivity contribution is 8.45. The lowest BCUT2D eigenvalue weighted by Crippen LogP contribution is -2.12. The van der Waals surface area contributed by atoms with Gasteiger partial charge in [-0.2, -0.15) is 0 Å². The Hall–Kier alpha value is -3.28. The van der Waals surface area contributed by atoms with Crippen molar-refractivity contribution in [3.05, 3.63) is 64.5 Å². The Kier molecular flexibility index (Phi) is 3.74. The van der Waals surface area contributed by atoms with E-state index in [1.807, 2.05) is 0 Å². The van der Waals surface area contributed by atoms with Gasteiger partial charge in [-0.3, -0.25) is 19.7 Å². The zero-order valence-corrected chi connectivity index (χ0v) is 14.3. The molecule has 0 radical (unpaired) electrons. The first-order valence-corrected chi connectivity index (χ1v) is 9.30. The number of carbonyl (C=O) groups is 2. The third kappa shape index (κ3) is 3.33. The van der Waals surface area contributed by atoms with Gasteiger partial charge >= 0.3 is 10.2 Å². The number of nitro benzene ring substituents is 1. The van der Waals surface area contributed by atoms with E-state index in [-0.39, 0.29) is 35.3 Å². The molecule has 0 saturated carbocycles. The minimum atomic E-state index is -10.2. The molecule has 3 rings (SSSR count). The highest BCUT2D eigenvalue weighted by Crippen LogP contribution is 3.02. The third-order valence-electron chi connectivity index (χ3n) is 3.91. The van der Waals surface area contributed by atoms with Crippen LogP contribution in [0.2, 0.25) is 0 Å². The Bertz CT molecular complexity index is 1170. The molecular formula is C16H9F5N2O4S. The number of rotatable bonds is 5. The SMILES string of the molecule is O=CC(=O)c1c2ccccc2cn1-c1cc(S(F)(F)(F)(F)F)ccc1[N+](=O)[O-]. The van der Waals surface area contributed by atoms with Crippen LogP contribution >= 0.6 is 10.2 Å². The topological polar surface area (TPSA) is 82.2 Å². The van der Waals surface area contributed by atoms with E-state index in [4.69, 9.17) is 0 Å². The summed E-state index contributed by atoms with van der Waals surface area (Å²) in [6, 6.07) is 5.88. The van der Waals surface area contributed by atoms with E-state index in [0.717, 1.165) is 6.20 Å². The lowest BCUT2D eigenvalue weighted by molar-refractivity contribution is -0.384. The number of benzene rings is 2. The average molecular weight is 420 g/mol. The van der Waals surface area contributed by atoms with E-state index in [2.05, 4.69) is 0 Å². The van der Waals surface area contributed by atoms with Crippen LogP contribution in [0.25, 0.3) is 16.5 Å². The standard InChI is InChI=1S/C16H9F5N2O4S/c17-28(18,19,20,21)11-5-6-13(23(26)27)14(7-11)22-8-10-3-1-2-4-12(10)16(22)15(25)9-24/h1-9H. The fraction of sp³-hybridized carbons (Fsp3) is 0. The first-order chi connectivity index (χ1) is 12.7. The fourth-order valence-corrected chi connectivity index (χ4v) is 3.41. The number of hydrogen-bond acceptors (Lipinski definition) is 4. The number of ketones is 1. The molecule has 12 heteroatoms. The van der Waals surface area contributed by atoms with Crippen molar-refractivity contribution < 1.29 is 33.9 Å². The molecule has 0 saturated heterocycles. The summed E-state index contributed by atoms with van der Waals surface area (Å²) in [5.74, 6) is -1.19. The number of Topliss-reactive ketones (excluding diaryl/α,β-unsaturated/α-hetero) is 1. The number of nitrogens with zero attached hydrogens (tertiary/aromatic N) is 2. The molecule has 2 aromatic carbocycles. The van der Waals surface area contributed by atoms with Gasteiger partial charge in [-0.15, -0.1) is 0 Å². The molecule has 148 valence electrons. The fourth-order valence-electron chi connectivity index (χ4n) is 2.75. The number of aromatic nitrogens is 1. The highest BCUT2D eigenvalue weighted by Gasteiger charge is 2.65. The summed E-state index contributed by atoms with van der Waals surface area (Å²) in [5, 5.41) is 11.6. The highest BCUT2D eigenvalue weighted by atomic mass is 32.5. The lowest BCUT2D eigenvalue weighted by atomic mass is 10.1. The number of nitro groups is 1. The lowest BCUT2D eigenvalue weighted by Gasteiger charge is -2.40. The van der Waals surface area contributed by atoms with Crippen LogP contribution in [0.15, 0.2) is 53.6 Å². The Morgan fingerprint density at radius 3 is 2.29 bits per heavy atom. The Morgan fingerprint density at radius 2 is 1.71 bits per heavy atom. The average Bonchev–Trinajstić information content (AvgIpc) is 2.97. The van der Waals surface area contributed by atoms with Crippen molar-refractivity contribution in [3.63, 3.8) is 0 Å². The van der Waals surface area contributed by atoms with Gasteiger partial charge in [0.2, 0.25) is 5.78 Å². The molecule has 0 N–H and O–H groups in total. The molecule has 0 fully saturated rings. The molecule has 0 aliphatic heterocycles. The molecule has 0 aliphatic rings. The second kappa shape index (κ2) is 5.38. The van der Waals surface area contributed by atoms with Crippen LogP contribution in [0.3, 0.4) is 0 Å². The van der Waals surface area contributed by atoms with E-state index in [1.54, 1.807) is 0 Å². The maximum absolute atomic E-state index is 13.2. The van der Waals surface area contributed by atoms with Crippen LogP contribution in [0, 0.1) is 10.1 Å². The zero-order valence-electron chi connectivity index (χ0n) is 13.5. The summed E-state index contributed by atoms with van der Waals surface area (Å²) in [7, 11) is -10.2. The molecule has 28 heavy (non-hydrogen) atoms. The molecule has 0 unspecified atom stereocenters. The van der Waals surface area contributed by atoms with Gasteiger partial charge in [0.25, 0.3) is 5.69 Å². The molecule has 6 nitrogen and oxygen atoms in total. The quantitative estimate of drug-likeness (QED) is 0.135. The summed E-state index contributed by atoms with van der Waals surface area (Å²) in [6.45, 7) is 0. The van der Waals surface area contributed by atoms with Crippen molar-refractivity contribution in [3.8, 4) is 5.69 Å². The maximum Gasteiger partial charge on any atom is 0.310 e. The third-order valence-corrected chi connectivity index (χ3v) is 5.06. The largest absolute Gasteiger partial charge is 0.310 e. The van der Waals surface area contributed by atoms with Crippen LogP contribution in [0.5, 0.6) is 0 Å². The van der Waals surface area contributed by atoms with Gasteiger partial charge in [0.05, 0.1) is 4.92 Å². The van der Waals surface area contributed by atoms with Gasteiger partial charge in [-0.05, 0) is 12.1 Å². The minimum absolute atomic E-state index is 0.0897. The van der Waals surface area contributed by atoms with Crippen LogP contribution in [0.1, 0.15) is 10.5 Å². The summed E-state index contributed by atoms with van der Waals surface area (Å²) in [4.78, 5) is 30.9. The maximum atomic E-state index is 13.2. The smallest absolute Gasteiger partial charge is 0.306 e. The van der Waals surface area contributed by atoms with Gasteiger partial charge in [0.15, 0.2) is 6.29 Å². The summed E-state index contributed by atoms with van der Waals surface area (Å²) >= 11 is 0. The van der Waals surface area contributed by atoms with Gasteiger partial charge in [0, 0.05) is 23.0 Å². The normalized spacial score (nSPS) is 14.3. The Morgan fingerprint density at radius 1 is 1.07 bits per heavy atom. The van der Waals surface area contributed by atoms with Gasteiger partial charge in [-0.1, -0.05) is 43.7 Å². The van der Waals surface area contributed by atoms with E-state index in [9.17, 15) is 39.1 Å². The first kappa shape index (κ1) is 19.5. The predicted octanol–water partition coefficient (Wildman–Crippen LogP) is 5.58. The second-order valence-corrected chi connectivity index (χ2v) is 8.20. The molecule has 3 aromatic rings. The summed E-state index contributed by atoms with van der Waals surface area (Å²) < 4.78 is 66.7. The van der Waals surface area contributed by atoms with Gasteiger partial charge in [0.1, 0.15) is 16.3 Å². The van der Waals surface area contributed by atoms with Crippen molar-refractivity contribution in [2.75, 3.05) is 0 Å². The Balaban J connectivity index is 2.46. The molecule has 0 bridgehead atoms. The van der Waals surface area contributed by atoms with Crippen LogP contribution < -0.4 is 0 Å². The van der Waals surface area contributed by atoms with E-state index in [1.165, 1.54) is 24.3 Å². The molecule has 0 spiro atoms. The number of halogens is 5. The van der Waals surface area contributed by atoms with Crippen molar-refractivity contribution in [2.24, 2.45) is 0 Å². The molecular weight excluding hydrogens is 411 g/mol. The van der Waals surface area contributed by atoms with Gasteiger partial charge < -0.3 is 4.57 Å². The van der Waals surface area contributed by atoms with Crippen LogP contribution in [0.4, 0.5) is 25.1 Å². The van der Waals surface area contributed by atoms with E-state index >= 15 is 0 Å². The number of carbonyl (C=O) groups excluding carboxylic acids is 2. The molecule has 0 amide bonds. The molecule has 0 atom stereocenters.